The SMILES string of the molecule is COc1cccc(CN2CCCC(c3nnc(-c4cccnc4)o3)C2)c1. The van der Waals surface area contributed by atoms with E-state index in [0.29, 0.717) is 5.89 Å². The van der Waals surface area contributed by atoms with Crippen LogP contribution >= 0.6 is 0 Å². The summed E-state index contributed by atoms with van der Waals surface area (Å²) in [4.78, 5) is 6.55. The quantitative estimate of drug-likeness (QED) is 0.701. The van der Waals surface area contributed by atoms with Gasteiger partial charge in [0.15, 0.2) is 0 Å². The average molecular weight is 350 g/mol. The lowest BCUT2D eigenvalue weighted by Crippen LogP contribution is -2.34. The molecule has 4 rings (SSSR count). The fourth-order valence-electron chi connectivity index (χ4n) is 3.44. The maximum Gasteiger partial charge on any atom is 0.249 e. The van der Waals surface area contributed by atoms with Gasteiger partial charge in [-0.05, 0) is 49.2 Å². The number of aromatic nitrogens is 3. The van der Waals surface area contributed by atoms with Crippen molar-refractivity contribution in [1.29, 1.82) is 0 Å². The molecule has 6 nitrogen and oxygen atoms in total. The van der Waals surface area contributed by atoms with Gasteiger partial charge in [-0.15, -0.1) is 10.2 Å². The van der Waals surface area contributed by atoms with Crippen LogP contribution < -0.4 is 4.74 Å². The van der Waals surface area contributed by atoms with E-state index in [0.717, 1.165) is 49.7 Å². The van der Waals surface area contributed by atoms with Gasteiger partial charge in [0.25, 0.3) is 0 Å². The Balaban J connectivity index is 1.44. The molecule has 2 aromatic heterocycles. The first-order valence-electron chi connectivity index (χ1n) is 8.91. The van der Waals surface area contributed by atoms with Crippen LogP contribution in [-0.2, 0) is 6.54 Å². The van der Waals surface area contributed by atoms with Gasteiger partial charge in [-0.1, -0.05) is 12.1 Å². The molecule has 0 bridgehead atoms. The molecular weight excluding hydrogens is 328 g/mol. The van der Waals surface area contributed by atoms with Crippen molar-refractivity contribution in [2.75, 3.05) is 20.2 Å². The van der Waals surface area contributed by atoms with Gasteiger partial charge in [-0.3, -0.25) is 9.88 Å². The van der Waals surface area contributed by atoms with Crippen LogP contribution in [0.4, 0.5) is 0 Å². The summed E-state index contributed by atoms with van der Waals surface area (Å²) in [6.07, 6.45) is 5.67. The second-order valence-electron chi connectivity index (χ2n) is 6.61. The Labute approximate surface area is 152 Å². The van der Waals surface area contributed by atoms with Crippen LogP contribution in [0.3, 0.4) is 0 Å². The Hall–Kier alpha value is -2.73. The molecule has 0 N–H and O–H groups in total. The van der Waals surface area contributed by atoms with Crippen molar-refractivity contribution in [3.8, 4) is 17.2 Å². The van der Waals surface area contributed by atoms with Gasteiger partial charge >= 0.3 is 0 Å². The van der Waals surface area contributed by atoms with Crippen LogP contribution in [0.15, 0.2) is 53.2 Å². The number of rotatable bonds is 5. The van der Waals surface area contributed by atoms with Crippen molar-refractivity contribution in [2.24, 2.45) is 0 Å². The first kappa shape index (κ1) is 16.7. The summed E-state index contributed by atoms with van der Waals surface area (Å²) in [6.45, 7) is 2.90. The van der Waals surface area contributed by atoms with E-state index in [9.17, 15) is 0 Å². The molecule has 0 radical (unpaired) electrons. The van der Waals surface area contributed by atoms with Gasteiger partial charge in [0, 0.05) is 25.5 Å². The predicted molar refractivity (Wildman–Crippen MR) is 97.8 cm³/mol. The van der Waals surface area contributed by atoms with Crippen molar-refractivity contribution in [1.82, 2.24) is 20.1 Å². The third-order valence-electron chi connectivity index (χ3n) is 4.74. The Morgan fingerprint density at radius 2 is 2.19 bits per heavy atom. The van der Waals surface area contributed by atoms with E-state index < -0.39 is 0 Å². The van der Waals surface area contributed by atoms with Crippen LogP contribution in [0.2, 0.25) is 0 Å². The standard InChI is InChI=1S/C20H22N4O2/c1-25-18-8-2-5-15(11-18)13-24-10-4-7-17(14-24)20-23-22-19(26-20)16-6-3-9-21-12-16/h2-3,5-6,8-9,11-12,17H,4,7,10,13-14H2,1H3. The molecule has 134 valence electrons. The van der Waals surface area contributed by atoms with E-state index >= 15 is 0 Å². The molecule has 6 heteroatoms. The molecule has 1 saturated heterocycles. The summed E-state index contributed by atoms with van der Waals surface area (Å²) in [5, 5.41) is 8.50. The molecule has 0 amide bonds. The molecule has 1 aliphatic heterocycles. The van der Waals surface area contributed by atoms with Crippen LogP contribution in [-0.4, -0.2) is 40.3 Å². The van der Waals surface area contributed by atoms with Crippen molar-refractivity contribution in [3.63, 3.8) is 0 Å². The highest BCUT2D eigenvalue weighted by atomic mass is 16.5. The summed E-state index contributed by atoms with van der Waals surface area (Å²) in [5.41, 5.74) is 2.11. The highest BCUT2D eigenvalue weighted by molar-refractivity contribution is 5.50. The molecule has 0 saturated carbocycles. The lowest BCUT2D eigenvalue weighted by Gasteiger charge is -2.31. The number of benzene rings is 1. The molecule has 3 heterocycles. The molecule has 1 aliphatic rings. The monoisotopic (exact) mass is 350 g/mol. The second-order valence-corrected chi connectivity index (χ2v) is 6.61. The van der Waals surface area contributed by atoms with Crippen molar-refractivity contribution in [2.45, 2.75) is 25.3 Å². The second kappa shape index (κ2) is 7.66. The Kier molecular flexibility index (Phi) is 4.93. The highest BCUT2D eigenvalue weighted by Crippen LogP contribution is 2.29. The number of pyridine rings is 1. The number of ether oxygens (including phenoxy) is 1. The molecule has 1 aromatic carbocycles. The number of hydrogen-bond acceptors (Lipinski definition) is 6. The van der Waals surface area contributed by atoms with Gasteiger partial charge in [0.1, 0.15) is 5.75 Å². The first-order chi connectivity index (χ1) is 12.8. The zero-order valence-electron chi connectivity index (χ0n) is 14.8. The molecule has 1 unspecified atom stereocenters. The minimum atomic E-state index is 0.271. The molecule has 3 aromatic rings. The minimum Gasteiger partial charge on any atom is -0.497 e. The maximum atomic E-state index is 5.94. The van der Waals surface area contributed by atoms with E-state index in [2.05, 4.69) is 32.2 Å². The predicted octanol–water partition coefficient (Wildman–Crippen LogP) is 3.52. The molecular formula is C20H22N4O2. The maximum absolute atomic E-state index is 5.94. The molecule has 1 fully saturated rings. The molecule has 0 aliphatic carbocycles. The van der Waals surface area contributed by atoms with Crippen molar-refractivity contribution < 1.29 is 9.15 Å². The van der Waals surface area contributed by atoms with E-state index in [1.54, 1.807) is 19.5 Å². The number of likely N-dealkylation sites (tertiary alicyclic amines) is 1. The van der Waals surface area contributed by atoms with E-state index in [1.165, 1.54) is 5.56 Å². The first-order valence-corrected chi connectivity index (χ1v) is 8.91. The summed E-state index contributed by atoms with van der Waals surface area (Å²) >= 11 is 0. The molecule has 26 heavy (non-hydrogen) atoms. The third-order valence-corrected chi connectivity index (χ3v) is 4.74. The number of methoxy groups -OCH3 is 1. The average Bonchev–Trinajstić information content (AvgIpc) is 3.19. The third kappa shape index (κ3) is 3.75. The van der Waals surface area contributed by atoms with E-state index in [1.807, 2.05) is 24.3 Å². The minimum absolute atomic E-state index is 0.271. The summed E-state index contributed by atoms with van der Waals surface area (Å²) in [5.74, 6) is 2.43. The number of piperidine rings is 1. The summed E-state index contributed by atoms with van der Waals surface area (Å²) in [6, 6.07) is 12.0. The van der Waals surface area contributed by atoms with E-state index in [-0.39, 0.29) is 5.92 Å². The lowest BCUT2D eigenvalue weighted by molar-refractivity contribution is 0.186. The van der Waals surface area contributed by atoms with Gasteiger partial charge < -0.3 is 9.15 Å². The van der Waals surface area contributed by atoms with Crippen LogP contribution in [0, 0.1) is 0 Å². The smallest absolute Gasteiger partial charge is 0.249 e. The fraction of sp³-hybridized carbons (Fsp3) is 0.350. The van der Waals surface area contributed by atoms with E-state index in [4.69, 9.17) is 9.15 Å². The topological polar surface area (TPSA) is 64.3 Å². The zero-order chi connectivity index (χ0) is 17.8. The Morgan fingerprint density at radius 3 is 3.04 bits per heavy atom. The van der Waals surface area contributed by atoms with Crippen LogP contribution in [0.25, 0.3) is 11.5 Å². The van der Waals surface area contributed by atoms with Crippen molar-refractivity contribution >= 4 is 0 Å². The largest absolute Gasteiger partial charge is 0.497 e. The summed E-state index contributed by atoms with van der Waals surface area (Å²) < 4.78 is 11.3. The number of hydrogen-bond donors (Lipinski definition) is 0. The summed E-state index contributed by atoms with van der Waals surface area (Å²) in [7, 11) is 1.70. The van der Waals surface area contributed by atoms with Crippen LogP contribution in [0.5, 0.6) is 5.75 Å². The van der Waals surface area contributed by atoms with Gasteiger partial charge in [-0.25, -0.2) is 0 Å². The zero-order valence-corrected chi connectivity index (χ0v) is 14.8. The van der Waals surface area contributed by atoms with Gasteiger partial charge in [0.2, 0.25) is 11.8 Å². The molecule has 0 spiro atoms. The lowest BCUT2D eigenvalue weighted by atomic mass is 9.97. The van der Waals surface area contributed by atoms with Crippen molar-refractivity contribution in [3.05, 3.63) is 60.2 Å². The van der Waals surface area contributed by atoms with Gasteiger partial charge in [-0.2, -0.15) is 0 Å². The van der Waals surface area contributed by atoms with Crippen LogP contribution in [0.1, 0.15) is 30.2 Å². The number of nitrogens with zero attached hydrogens (tertiary/aromatic N) is 4. The van der Waals surface area contributed by atoms with Gasteiger partial charge in [0.05, 0.1) is 18.6 Å². The normalized spacial score (nSPS) is 18.0. The Bertz CT molecular complexity index is 850. The molecule has 1 atom stereocenters. The fourth-order valence-corrected chi connectivity index (χ4v) is 3.44. The Morgan fingerprint density at radius 1 is 1.23 bits per heavy atom. The highest BCUT2D eigenvalue weighted by Gasteiger charge is 2.26.